The van der Waals surface area contributed by atoms with Gasteiger partial charge in [-0.2, -0.15) is 5.10 Å². The highest BCUT2D eigenvalue weighted by atomic mass is 19.1. The van der Waals surface area contributed by atoms with Crippen molar-refractivity contribution < 1.29 is 14.0 Å². The molecule has 1 saturated heterocycles. The van der Waals surface area contributed by atoms with Gasteiger partial charge in [-0.1, -0.05) is 12.1 Å². The number of hydrogen-bond acceptors (Lipinski definition) is 3. The molecule has 0 unspecified atom stereocenters. The minimum Gasteiger partial charge on any atom is -0.331 e. The van der Waals surface area contributed by atoms with Crippen molar-refractivity contribution in [1.29, 1.82) is 0 Å². The van der Waals surface area contributed by atoms with Gasteiger partial charge >= 0.3 is 0 Å². The number of carbonyl (C=O) groups excluding carboxylic acids is 2. The van der Waals surface area contributed by atoms with Crippen molar-refractivity contribution in [2.24, 2.45) is 5.10 Å². The molecular weight excluding hydrogens is 285 g/mol. The molecule has 0 radical (unpaired) electrons. The number of rotatable bonds is 2. The molecule has 116 valence electrons. The van der Waals surface area contributed by atoms with Crippen molar-refractivity contribution in [3.63, 3.8) is 0 Å². The normalized spacial score (nSPS) is 22.0. The molecule has 2 aliphatic heterocycles. The first kappa shape index (κ1) is 14.7. The van der Waals surface area contributed by atoms with E-state index in [4.69, 9.17) is 0 Å². The van der Waals surface area contributed by atoms with Gasteiger partial charge in [0.05, 0.1) is 6.04 Å². The fourth-order valence-corrected chi connectivity index (χ4v) is 3.03. The topological polar surface area (TPSA) is 53.0 Å². The van der Waals surface area contributed by atoms with Gasteiger partial charge in [0.15, 0.2) is 0 Å². The summed E-state index contributed by atoms with van der Waals surface area (Å²) in [5.74, 6) is -0.476. The van der Waals surface area contributed by atoms with Crippen molar-refractivity contribution in [1.82, 2.24) is 9.91 Å². The van der Waals surface area contributed by atoms with Crippen LogP contribution in [0, 0.1) is 5.82 Å². The van der Waals surface area contributed by atoms with Crippen LogP contribution in [0.5, 0.6) is 0 Å². The minimum absolute atomic E-state index is 0.0428. The van der Waals surface area contributed by atoms with Crippen molar-refractivity contribution in [2.75, 3.05) is 13.6 Å². The van der Waals surface area contributed by atoms with Crippen LogP contribution >= 0.6 is 0 Å². The monoisotopic (exact) mass is 303 g/mol. The molecule has 1 aromatic rings. The molecule has 1 atom stereocenters. The van der Waals surface area contributed by atoms with E-state index in [-0.39, 0.29) is 23.7 Å². The zero-order valence-electron chi connectivity index (χ0n) is 12.5. The molecule has 0 spiro atoms. The van der Waals surface area contributed by atoms with Crippen LogP contribution in [0.2, 0.25) is 0 Å². The summed E-state index contributed by atoms with van der Waals surface area (Å²) >= 11 is 0. The number of amides is 2. The number of hydrazone groups is 1. The Hall–Kier alpha value is -2.24. The number of carbonyl (C=O) groups is 2. The summed E-state index contributed by atoms with van der Waals surface area (Å²) in [5, 5.41) is 5.34. The fraction of sp³-hybridized carbons (Fsp3) is 0.438. The molecule has 0 aliphatic carbocycles. The van der Waals surface area contributed by atoms with Crippen LogP contribution in [0.3, 0.4) is 0 Å². The molecule has 0 bridgehead atoms. The van der Waals surface area contributed by atoms with Crippen LogP contribution in [0.4, 0.5) is 4.39 Å². The second-order valence-electron chi connectivity index (χ2n) is 5.67. The van der Waals surface area contributed by atoms with Gasteiger partial charge in [-0.15, -0.1) is 0 Å². The summed E-state index contributed by atoms with van der Waals surface area (Å²) < 4.78 is 13.1. The smallest absolute Gasteiger partial charge is 0.270 e. The van der Waals surface area contributed by atoms with Crippen molar-refractivity contribution in [2.45, 2.75) is 31.7 Å². The Bertz CT molecular complexity index is 627. The van der Waals surface area contributed by atoms with E-state index in [9.17, 15) is 14.0 Å². The van der Waals surface area contributed by atoms with Gasteiger partial charge in [-0.25, -0.2) is 9.40 Å². The van der Waals surface area contributed by atoms with Crippen LogP contribution in [-0.4, -0.2) is 41.0 Å². The van der Waals surface area contributed by atoms with Crippen LogP contribution in [0.1, 0.15) is 37.3 Å². The summed E-state index contributed by atoms with van der Waals surface area (Å²) in [7, 11) is 1.57. The molecule has 3 rings (SSSR count). The Balaban J connectivity index is 1.81. The third kappa shape index (κ3) is 2.73. The first-order valence-corrected chi connectivity index (χ1v) is 7.47. The summed E-state index contributed by atoms with van der Waals surface area (Å²) in [6, 6.07) is 6.24. The van der Waals surface area contributed by atoms with E-state index < -0.39 is 0 Å². The largest absolute Gasteiger partial charge is 0.331 e. The van der Waals surface area contributed by atoms with Gasteiger partial charge in [-0.3, -0.25) is 9.59 Å². The molecule has 6 heteroatoms. The predicted molar refractivity (Wildman–Crippen MR) is 79.5 cm³/mol. The average molecular weight is 303 g/mol. The van der Waals surface area contributed by atoms with Crippen molar-refractivity contribution in [3.05, 3.63) is 35.6 Å². The van der Waals surface area contributed by atoms with Gasteiger partial charge in [0.2, 0.25) is 5.91 Å². The first-order chi connectivity index (χ1) is 10.6. The summed E-state index contributed by atoms with van der Waals surface area (Å²) in [5.41, 5.74) is 1.37. The van der Waals surface area contributed by atoms with Crippen LogP contribution < -0.4 is 0 Å². The highest BCUT2D eigenvalue weighted by molar-refractivity contribution is 6.39. The third-order valence-electron chi connectivity index (χ3n) is 4.22. The summed E-state index contributed by atoms with van der Waals surface area (Å²) in [6.45, 7) is 0.664. The summed E-state index contributed by atoms with van der Waals surface area (Å²) in [4.78, 5) is 25.9. The highest BCUT2D eigenvalue weighted by Crippen LogP contribution is 2.32. The van der Waals surface area contributed by atoms with E-state index in [0.717, 1.165) is 18.4 Å². The fourth-order valence-electron chi connectivity index (χ4n) is 3.03. The standard InChI is InChI=1S/C16H18FN3O2/c1-19-15(21)9-8-13(18-19)16(22)20-10-2-3-14(20)11-4-6-12(17)7-5-11/h4-7,14H,2-3,8-10H2,1H3/t14-/m1/s1. The number of nitrogens with zero attached hydrogens (tertiary/aromatic N) is 3. The number of halogens is 1. The van der Waals surface area contributed by atoms with Crippen molar-refractivity contribution in [3.8, 4) is 0 Å². The Morgan fingerprint density at radius 2 is 2.00 bits per heavy atom. The zero-order valence-corrected chi connectivity index (χ0v) is 12.5. The van der Waals surface area contributed by atoms with Crippen molar-refractivity contribution >= 4 is 17.5 Å². The van der Waals surface area contributed by atoms with E-state index in [2.05, 4.69) is 5.10 Å². The maximum Gasteiger partial charge on any atom is 0.270 e. The molecule has 1 aromatic carbocycles. The van der Waals surface area contributed by atoms with E-state index in [1.54, 1.807) is 24.1 Å². The SMILES string of the molecule is CN1N=C(C(=O)N2CCC[C@@H]2c2ccc(F)cc2)CCC1=O. The third-order valence-corrected chi connectivity index (χ3v) is 4.22. The van der Waals surface area contributed by atoms with E-state index in [0.29, 0.717) is 25.1 Å². The van der Waals surface area contributed by atoms with Gasteiger partial charge < -0.3 is 4.90 Å². The molecule has 0 saturated carbocycles. The van der Waals surface area contributed by atoms with E-state index in [1.807, 2.05) is 0 Å². The lowest BCUT2D eigenvalue weighted by Gasteiger charge is -2.27. The molecule has 2 amide bonds. The molecule has 2 heterocycles. The lowest BCUT2D eigenvalue weighted by atomic mass is 10.0. The molecule has 2 aliphatic rings. The van der Waals surface area contributed by atoms with E-state index >= 15 is 0 Å². The molecule has 22 heavy (non-hydrogen) atoms. The highest BCUT2D eigenvalue weighted by Gasteiger charge is 2.34. The Morgan fingerprint density at radius 1 is 1.27 bits per heavy atom. The zero-order chi connectivity index (χ0) is 15.7. The predicted octanol–water partition coefficient (Wildman–Crippen LogP) is 2.10. The minimum atomic E-state index is -0.281. The summed E-state index contributed by atoms with van der Waals surface area (Å²) in [6.07, 6.45) is 2.47. The average Bonchev–Trinajstić information content (AvgIpc) is 2.99. The molecule has 0 N–H and O–H groups in total. The Labute approximate surface area is 128 Å². The van der Waals surface area contributed by atoms with Gasteiger partial charge in [0.25, 0.3) is 5.91 Å². The molecule has 1 fully saturated rings. The number of benzene rings is 1. The second kappa shape index (κ2) is 5.87. The quantitative estimate of drug-likeness (QED) is 0.840. The van der Waals surface area contributed by atoms with Gasteiger partial charge in [0.1, 0.15) is 11.5 Å². The second-order valence-corrected chi connectivity index (χ2v) is 5.67. The number of likely N-dealkylation sites (tertiary alicyclic amines) is 1. The first-order valence-electron chi connectivity index (χ1n) is 7.47. The lowest BCUT2D eigenvalue weighted by Crippen LogP contribution is -2.40. The van der Waals surface area contributed by atoms with Crippen LogP contribution in [0.15, 0.2) is 29.4 Å². The van der Waals surface area contributed by atoms with Gasteiger partial charge in [0, 0.05) is 26.4 Å². The Kier molecular flexibility index (Phi) is 3.92. The molecule has 5 nitrogen and oxygen atoms in total. The molecular formula is C16H18FN3O2. The molecule has 0 aromatic heterocycles. The maximum atomic E-state index is 13.1. The van der Waals surface area contributed by atoms with E-state index in [1.165, 1.54) is 17.1 Å². The van der Waals surface area contributed by atoms with Crippen LogP contribution in [-0.2, 0) is 9.59 Å². The Morgan fingerprint density at radius 3 is 2.68 bits per heavy atom. The van der Waals surface area contributed by atoms with Crippen LogP contribution in [0.25, 0.3) is 0 Å². The lowest BCUT2D eigenvalue weighted by molar-refractivity contribution is -0.130. The van der Waals surface area contributed by atoms with Gasteiger partial charge in [-0.05, 0) is 30.5 Å². The number of hydrogen-bond donors (Lipinski definition) is 0. The maximum absolute atomic E-state index is 13.1.